The van der Waals surface area contributed by atoms with Gasteiger partial charge in [0.25, 0.3) is 6.47 Å². The van der Waals surface area contributed by atoms with Crippen molar-refractivity contribution in [3.63, 3.8) is 0 Å². The van der Waals surface area contributed by atoms with Crippen molar-refractivity contribution in [3.05, 3.63) is 30.0 Å². The first-order valence-electron chi connectivity index (χ1n) is 8.49. The Morgan fingerprint density at radius 2 is 1.93 bits per heavy atom. The van der Waals surface area contributed by atoms with Crippen LogP contribution in [0.2, 0.25) is 0 Å². The summed E-state index contributed by atoms with van der Waals surface area (Å²) >= 11 is 0. The largest absolute Gasteiger partial charge is 0.497 e. The second-order valence-electron chi connectivity index (χ2n) is 6.21. The SMILES string of the molecule is COc1ccc2c(c1)c(CCN(C)C)cn2C(=O)CCCC(=O)O.O=CO. The topological polar surface area (TPSA) is 109 Å². The summed E-state index contributed by atoms with van der Waals surface area (Å²) < 4.78 is 6.93. The van der Waals surface area contributed by atoms with E-state index in [1.807, 2.05) is 38.5 Å². The molecule has 1 aromatic carbocycles. The van der Waals surface area contributed by atoms with Crippen LogP contribution in [0.15, 0.2) is 24.4 Å². The van der Waals surface area contributed by atoms with Crippen LogP contribution in [0.25, 0.3) is 10.9 Å². The molecule has 2 aromatic rings. The number of aromatic nitrogens is 1. The molecule has 8 nitrogen and oxygen atoms in total. The first-order chi connectivity index (χ1) is 12.8. The van der Waals surface area contributed by atoms with Crippen molar-refractivity contribution in [3.8, 4) is 5.75 Å². The Morgan fingerprint density at radius 1 is 1.26 bits per heavy atom. The van der Waals surface area contributed by atoms with Gasteiger partial charge in [0, 0.05) is 31.0 Å². The number of hydrogen-bond acceptors (Lipinski definition) is 5. The van der Waals surface area contributed by atoms with Gasteiger partial charge in [0.05, 0.1) is 12.6 Å². The van der Waals surface area contributed by atoms with Gasteiger partial charge in [0.15, 0.2) is 0 Å². The highest BCUT2D eigenvalue weighted by molar-refractivity contribution is 5.95. The number of ether oxygens (including phenoxy) is 1. The fourth-order valence-electron chi connectivity index (χ4n) is 2.67. The van der Waals surface area contributed by atoms with Crippen molar-refractivity contribution in [2.24, 2.45) is 0 Å². The van der Waals surface area contributed by atoms with Crippen LogP contribution < -0.4 is 4.74 Å². The Balaban J connectivity index is 0.00000114. The van der Waals surface area contributed by atoms with E-state index in [4.69, 9.17) is 19.7 Å². The zero-order chi connectivity index (χ0) is 20.4. The Kier molecular flexibility index (Phi) is 9.01. The number of methoxy groups -OCH3 is 1. The predicted octanol–water partition coefficient (Wildman–Crippen LogP) is 2.35. The molecule has 0 aliphatic heterocycles. The van der Waals surface area contributed by atoms with Gasteiger partial charge in [0.2, 0.25) is 5.91 Å². The molecule has 0 spiro atoms. The van der Waals surface area contributed by atoms with Crippen molar-refractivity contribution in [2.45, 2.75) is 25.7 Å². The molecule has 0 fully saturated rings. The number of nitrogens with zero attached hydrogens (tertiary/aromatic N) is 2. The predicted molar refractivity (Wildman–Crippen MR) is 102 cm³/mol. The minimum Gasteiger partial charge on any atom is -0.497 e. The number of fused-ring (bicyclic) bond motifs is 1. The van der Waals surface area contributed by atoms with E-state index in [9.17, 15) is 9.59 Å². The first kappa shape index (κ1) is 22.2. The quantitative estimate of drug-likeness (QED) is 0.679. The van der Waals surface area contributed by atoms with Crippen molar-refractivity contribution in [2.75, 3.05) is 27.7 Å². The third-order valence-corrected chi connectivity index (χ3v) is 3.97. The van der Waals surface area contributed by atoms with Gasteiger partial charge in [-0.25, -0.2) is 0 Å². The Hall–Kier alpha value is -2.87. The van der Waals surface area contributed by atoms with Gasteiger partial charge in [-0.2, -0.15) is 0 Å². The molecular weight excluding hydrogens is 352 g/mol. The second kappa shape index (κ2) is 11.0. The number of likely N-dealkylation sites (N-methyl/N-ethyl adjacent to an activating group) is 1. The van der Waals surface area contributed by atoms with Gasteiger partial charge in [-0.15, -0.1) is 0 Å². The number of hydrogen-bond donors (Lipinski definition) is 2. The minimum atomic E-state index is -0.878. The lowest BCUT2D eigenvalue weighted by molar-refractivity contribution is -0.137. The lowest BCUT2D eigenvalue weighted by atomic mass is 10.1. The van der Waals surface area contributed by atoms with E-state index in [0.29, 0.717) is 6.42 Å². The number of carboxylic acids is 1. The van der Waals surface area contributed by atoms with Crippen LogP contribution in [0.3, 0.4) is 0 Å². The van der Waals surface area contributed by atoms with Gasteiger partial charge in [-0.05, 0) is 50.7 Å². The molecule has 0 aliphatic rings. The summed E-state index contributed by atoms with van der Waals surface area (Å²) in [5.74, 6) is -0.205. The molecule has 0 atom stereocenters. The third kappa shape index (κ3) is 6.74. The van der Waals surface area contributed by atoms with Crippen molar-refractivity contribution < 1.29 is 29.3 Å². The van der Waals surface area contributed by atoms with Crippen LogP contribution in [0.1, 0.15) is 29.6 Å². The molecule has 2 rings (SSSR count). The molecule has 1 aromatic heterocycles. The molecule has 0 aliphatic carbocycles. The number of carbonyl (C=O) groups is 3. The highest BCUT2D eigenvalue weighted by atomic mass is 16.5. The molecule has 8 heteroatoms. The van der Waals surface area contributed by atoms with Crippen LogP contribution in [0.5, 0.6) is 5.75 Å². The molecule has 0 amide bonds. The normalized spacial score (nSPS) is 10.4. The maximum atomic E-state index is 12.5. The Labute approximate surface area is 157 Å². The maximum absolute atomic E-state index is 12.5. The van der Waals surface area contributed by atoms with E-state index in [1.54, 1.807) is 11.7 Å². The van der Waals surface area contributed by atoms with Crippen molar-refractivity contribution in [1.29, 1.82) is 0 Å². The third-order valence-electron chi connectivity index (χ3n) is 3.97. The lowest BCUT2D eigenvalue weighted by Gasteiger charge is -2.08. The van der Waals surface area contributed by atoms with Crippen molar-refractivity contribution in [1.82, 2.24) is 9.47 Å². The van der Waals surface area contributed by atoms with Crippen LogP contribution in [-0.2, 0) is 16.0 Å². The van der Waals surface area contributed by atoms with Gasteiger partial charge in [0.1, 0.15) is 5.75 Å². The van der Waals surface area contributed by atoms with E-state index in [2.05, 4.69) is 4.90 Å². The van der Waals surface area contributed by atoms with Gasteiger partial charge >= 0.3 is 5.97 Å². The molecule has 1 heterocycles. The van der Waals surface area contributed by atoms with Crippen LogP contribution in [0, 0.1) is 0 Å². The molecule has 2 N–H and O–H groups in total. The monoisotopic (exact) mass is 378 g/mol. The summed E-state index contributed by atoms with van der Waals surface area (Å²) in [6.07, 6.45) is 3.27. The average Bonchev–Trinajstić information content (AvgIpc) is 2.98. The maximum Gasteiger partial charge on any atom is 0.303 e. The fourth-order valence-corrected chi connectivity index (χ4v) is 2.67. The van der Waals surface area contributed by atoms with Gasteiger partial charge < -0.3 is 19.8 Å². The smallest absolute Gasteiger partial charge is 0.303 e. The number of carbonyl (C=O) groups excluding carboxylic acids is 1. The summed E-state index contributed by atoms with van der Waals surface area (Å²) in [7, 11) is 5.64. The molecule has 148 valence electrons. The zero-order valence-corrected chi connectivity index (χ0v) is 15.8. The minimum absolute atomic E-state index is 0.00620. The molecular formula is C19H26N2O6. The van der Waals surface area contributed by atoms with Crippen LogP contribution in [0.4, 0.5) is 0 Å². The number of rotatable bonds is 8. The molecule has 0 unspecified atom stereocenters. The summed E-state index contributed by atoms with van der Waals surface area (Å²) in [5, 5.41) is 16.6. The van der Waals surface area contributed by atoms with Gasteiger partial charge in [-0.1, -0.05) is 0 Å². The van der Waals surface area contributed by atoms with Crippen LogP contribution >= 0.6 is 0 Å². The summed E-state index contributed by atoms with van der Waals surface area (Å²) in [4.78, 5) is 33.5. The van der Waals surface area contributed by atoms with E-state index >= 15 is 0 Å². The molecule has 27 heavy (non-hydrogen) atoms. The van der Waals surface area contributed by atoms with E-state index in [0.717, 1.165) is 35.2 Å². The standard InChI is InChI=1S/C18H24N2O4.CH2O2/c1-19(2)10-9-13-12-20(17(21)5-4-6-18(22)23)16-8-7-14(24-3)11-15(13)16;2-1-3/h7-8,11-12H,4-6,9-10H2,1-3H3,(H,22,23);1H,(H,2,3). The zero-order valence-electron chi connectivity index (χ0n) is 15.8. The highest BCUT2D eigenvalue weighted by Gasteiger charge is 2.15. The van der Waals surface area contributed by atoms with E-state index < -0.39 is 5.97 Å². The molecule has 0 radical (unpaired) electrons. The number of benzene rings is 1. The lowest BCUT2D eigenvalue weighted by Crippen LogP contribution is -2.15. The van der Waals surface area contributed by atoms with E-state index in [1.165, 1.54) is 0 Å². The Morgan fingerprint density at radius 3 is 2.48 bits per heavy atom. The second-order valence-corrected chi connectivity index (χ2v) is 6.21. The molecule has 0 bridgehead atoms. The van der Waals surface area contributed by atoms with Crippen LogP contribution in [-0.4, -0.2) is 65.8 Å². The fraction of sp³-hybridized carbons (Fsp3) is 0.421. The number of carboxylic acid groups (broad SMARTS) is 2. The molecule has 0 saturated heterocycles. The highest BCUT2D eigenvalue weighted by Crippen LogP contribution is 2.27. The average molecular weight is 378 g/mol. The van der Waals surface area contributed by atoms with E-state index in [-0.39, 0.29) is 25.2 Å². The van der Waals surface area contributed by atoms with Gasteiger partial charge in [-0.3, -0.25) is 19.0 Å². The Bertz CT molecular complexity index is 782. The number of aliphatic carboxylic acids is 1. The summed E-state index contributed by atoms with van der Waals surface area (Å²) in [5.41, 5.74) is 1.93. The first-order valence-corrected chi connectivity index (χ1v) is 8.49. The summed E-state index contributed by atoms with van der Waals surface area (Å²) in [6, 6.07) is 5.66. The van der Waals surface area contributed by atoms with Crippen molar-refractivity contribution >= 4 is 29.3 Å². The summed E-state index contributed by atoms with van der Waals surface area (Å²) in [6.45, 7) is 0.628. The molecule has 0 saturated carbocycles.